The Morgan fingerprint density at radius 1 is 1.00 bits per heavy atom. The predicted octanol–water partition coefficient (Wildman–Crippen LogP) is 3.10. The van der Waals surface area contributed by atoms with E-state index < -0.39 is 16.1 Å². The molecule has 6 heteroatoms. The van der Waals surface area contributed by atoms with E-state index in [0.29, 0.717) is 24.0 Å². The van der Waals surface area contributed by atoms with Gasteiger partial charge in [0, 0.05) is 11.9 Å². The predicted molar refractivity (Wildman–Crippen MR) is 106 cm³/mol. The standard InChI is InChI=1S/C21H20N2O3S/c1-15(21(24)22-14-13-16-7-3-2-4-8-16)23-18-11-5-9-17-10-6-12-19(20(17)18)27(23,25)26/h2-12,15H,13-14H2,1H3,(H,22,24)/t15-/m1/s1. The summed E-state index contributed by atoms with van der Waals surface area (Å²) in [7, 11) is -3.75. The van der Waals surface area contributed by atoms with Crippen LogP contribution in [0.4, 0.5) is 5.69 Å². The van der Waals surface area contributed by atoms with E-state index in [-0.39, 0.29) is 10.8 Å². The van der Waals surface area contributed by atoms with Crippen LogP contribution in [0.15, 0.2) is 71.6 Å². The van der Waals surface area contributed by atoms with Gasteiger partial charge in [0.15, 0.2) is 0 Å². The van der Waals surface area contributed by atoms with Crippen molar-refractivity contribution in [1.29, 1.82) is 0 Å². The number of nitrogens with one attached hydrogen (secondary N) is 1. The molecule has 5 nitrogen and oxygen atoms in total. The number of benzene rings is 3. The van der Waals surface area contributed by atoms with Crippen molar-refractivity contribution >= 4 is 32.4 Å². The molecule has 3 aromatic carbocycles. The lowest BCUT2D eigenvalue weighted by molar-refractivity contribution is -0.121. The van der Waals surface area contributed by atoms with Crippen molar-refractivity contribution in [2.45, 2.75) is 24.3 Å². The molecule has 1 aliphatic rings. The molecule has 0 unspecified atom stereocenters. The van der Waals surface area contributed by atoms with Crippen molar-refractivity contribution in [1.82, 2.24) is 5.32 Å². The maximum absolute atomic E-state index is 13.1. The van der Waals surface area contributed by atoms with Gasteiger partial charge in [-0.1, -0.05) is 54.6 Å². The molecule has 0 spiro atoms. The molecule has 0 aromatic heterocycles. The number of hydrogen-bond donors (Lipinski definition) is 1. The van der Waals surface area contributed by atoms with Gasteiger partial charge in [0.25, 0.3) is 10.0 Å². The van der Waals surface area contributed by atoms with Crippen molar-refractivity contribution < 1.29 is 13.2 Å². The van der Waals surface area contributed by atoms with Crippen molar-refractivity contribution in [2.24, 2.45) is 0 Å². The molecule has 1 heterocycles. The fourth-order valence-electron chi connectivity index (χ4n) is 3.57. The zero-order chi connectivity index (χ0) is 19.0. The van der Waals surface area contributed by atoms with Gasteiger partial charge in [-0.05, 0) is 36.4 Å². The summed E-state index contributed by atoms with van der Waals surface area (Å²) in [5.41, 5.74) is 1.69. The van der Waals surface area contributed by atoms with Crippen LogP contribution in [-0.4, -0.2) is 26.9 Å². The summed E-state index contributed by atoms with van der Waals surface area (Å²) in [5.74, 6) is -0.306. The van der Waals surface area contributed by atoms with Crippen molar-refractivity contribution in [2.75, 3.05) is 10.8 Å². The molecular formula is C21H20N2O3S. The van der Waals surface area contributed by atoms with Crippen LogP contribution in [0.25, 0.3) is 10.8 Å². The lowest BCUT2D eigenvalue weighted by atomic mass is 10.1. The number of carbonyl (C=O) groups excluding carboxylic acids is 1. The van der Waals surface area contributed by atoms with Crippen LogP contribution in [0, 0.1) is 0 Å². The number of amides is 1. The SMILES string of the molecule is C[C@H](C(=O)NCCc1ccccc1)N1c2cccc3cccc(c23)S1(=O)=O. The molecule has 0 saturated carbocycles. The van der Waals surface area contributed by atoms with Gasteiger partial charge in [0.05, 0.1) is 10.6 Å². The number of nitrogens with zero attached hydrogens (tertiary/aromatic N) is 1. The molecule has 3 aromatic rings. The zero-order valence-corrected chi connectivity index (χ0v) is 15.7. The molecule has 0 aliphatic carbocycles. The van der Waals surface area contributed by atoms with Crippen LogP contribution in [0.5, 0.6) is 0 Å². The molecule has 1 N–H and O–H groups in total. The first-order valence-corrected chi connectivity index (χ1v) is 10.3. The third-order valence-electron chi connectivity index (χ3n) is 4.91. The average molecular weight is 380 g/mol. The van der Waals surface area contributed by atoms with Crippen LogP contribution >= 0.6 is 0 Å². The van der Waals surface area contributed by atoms with Crippen molar-refractivity contribution in [3.8, 4) is 0 Å². The minimum atomic E-state index is -3.75. The van der Waals surface area contributed by atoms with Gasteiger partial charge in [0.2, 0.25) is 5.91 Å². The van der Waals surface area contributed by atoms with Gasteiger partial charge in [-0.3, -0.25) is 9.10 Å². The number of carbonyl (C=O) groups is 1. The Morgan fingerprint density at radius 2 is 1.70 bits per heavy atom. The highest BCUT2D eigenvalue weighted by Crippen LogP contribution is 2.43. The van der Waals surface area contributed by atoms with Crippen molar-refractivity contribution in [3.05, 3.63) is 72.3 Å². The number of rotatable bonds is 5. The summed E-state index contributed by atoms with van der Waals surface area (Å²) in [6, 6.07) is 19.7. The number of anilines is 1. The number of hydrogen-bond acceptors (Lipinski definition) is 3. The van der Waals surface area contributed by atoms with Crippen molar-refractivity contribution in [3.63, 3.8) is 0 Å². The third-order valence-corrected chi connectivity index (χ3v) is 6.83. The van der Waals surface area contributed by atoms with Gasteiger partial charge in [-0.15, -0.1) is 0 Å². The first-order chi connectivity index (χ1) is 13.0. The molecule has 0 radical (unpaired) electrons. The smallest absolute Gasteiger partial charge is 0.265 e. The summed E-state index contributed by atoms with van der Waals surface area (Å²) >= 11 is 0. The second kappa shape index (κ2) is 6.70. The van der Waals surface area contributed by atoms with E-state index >= 15 is 0 Å². The molecule has 1 aliphatic heterocycles. The Balaban J connectivity index is 1.56. The fraction of sp³-hybridized carbons (Fsp3) is 0.190. The van der Waals surface area contributed by atoms with E-state index in [0.717, 1.165) is 10.9 Å². The number of sulfonamides is 1. The first kappa shape index (κ1) is 17.5. The second-order valence-electron chi connectivity index (χ2n) is 6.63. The van der Waals surface area contributed by atoms with E-state index in [9.17, 15) is 13.2 Å². The summed E-state index contributed by atoms with van der Waals surface area (Å²) in [5, 5.41) is 4.40. The van der Waals surface area contributed by atoms with Gasteiger partial charge in [-0.25, -0.2) is 8.42 Å². The Labute approximate surface area is 158 Å². The van der Waals surface area contributed by atoms with Crippen LogP contribution < -0.4 is 9.62 Å². The summed E-state index contributed by atoms with van der Waals surface area (Å²) in [6.07, 6.45) is 0.696. The van der Waals surface area contributed by atoms with E-state index in [1.165, 1.54) is 4.31 Å². The lowest BCUT2D eigenvalue weighted by Crippen LogP contribution is -2.47. The largest absolute Gasteiger partial charge is 0.354 e. The maximum Gasteiger partial charge on any atom is 0.265 e. The highest BCUT2D eigenvalue weighted by Gasteiger charge is 2.40. The van der Waals surface area contributed by atoms with E-state index in [2.05, 4.69) is 5.32 Å². The Bertz CT molecular complexity index is 1110. The molecule has 4 rings (SSSR count). The maximum atomic E-state index is 13.1. The Hall–Kier alpha value is -2.86. The molecule has 1 atom stereocenters. The summed E-state index contributed by atoms with van der Waals surface area (Å²) in [6.45, 7) is 2.08. The third kappa shape index (κ3) is 2.96. The van der Waals surface area contributed by atoms with Crippen LogP contribution in [0.1, 0.15) is 12.5 Å². The van der Waals surface area contributed by atoms with Gasteiger partial charge in [-0.2, -0.15) is 0 Å². The highest BCUT2D eigenvalue weighted by atomic mass is 32.2. The molecule has 0 fully saturated rings. The Kier molecular flexibility index (Phi) is 4.36. The van der Waals surface area contributed by atoms with Gasteiger partial charge in [0.1, 0.15) is 6.04 Å². The zero-order valence-electron chi connectivity index (χ0n) is 14.9. The van der Waals surface area contributed by atoms with E-state index in [4.69, 9.17) is 0 Å². The summed E-state index contributed by atoms with van der Waals surface area (Å²) < 4.78 is 27.3. The molecule has 1 amide bonds. The summed E-state index contributed by atoms with van der Waals surface area (Å²) in [4.78, 5) is 12.9. The first-order valence-electron chi connectivity index (χ1n) is 8.88. The van der Waals surface area contributed by atoms with Gasteiger partial charge >= 0.3 is 0 Å². The molecule has 0 saturated heterocycles. The molecular weight excluding hydrogens is 360 g/mol. The quantitative estimate of drug-likeness (QED) is 0.740. The monoisotopic (exact) mass is 380 g/mol. The minimum absolute atomic E-state index is 0.263. The van der Waals surface area contributed by atoms with Crippen LogP contribution in [0.2, 0.25) is 0 Å². The van der Waals surface area contributed by atoms with E-state index in [1.54, 1.807) is 25.1 Å². The topological polar surface area (TPSA) is 66.5 Å². The van der Waals surface area contributed by atoms with Gasteiger partial charge < -0.3 is 5.32 Å². The van der Waals surface area contributed by atoms with Crippen LogP contribution in [-0.2, 0) is 21.2 Å². The minimum Gasteiger partial charge on any atom is -0.354 e. The normalized spacial score (nSPS) is 15.7. The molecule has 0 bridgehead atoms. The van der Waals surface area contributed by atoms with Crippen LogP contribution in [0.3, 0.4) is 0 Å². The fourth-order valence-corrected chi connectivity index (χ4v) is 5.43. The lowest BCUT2D eigenvalue weighted by Gasteiger charge is -2.25. The Morgan fingerprint density at radius 3 is 2.44 bits per heavy atom. The second-order valence-corrected chi connectivity index (χ2v) is 8.42. The molecule has 27 heavy (non-hydrogen) atoms. The highest BCUT2D eigenvalue weighted by molar-refractivity contribution is 7.93. The average Bonchev–Trinajstić information content (AvgIpc) is 2.91. The van der Waals surface area contributed by atoms with E-state index in [1.807, 2.05) is 48.5 Å². The molecule has 138 valence electrons.